The summed E-state index contributed by atoms with van der Waals surface area (Å²) in [7, 11) is 0. The number of ether oxygens (including phenoxy) is 1. The van der Waals surface area contributed by atoms with Crippen LogP contribution in [0.4, 0.5) is 5.82 Å². The zero-order valence-electron chi connectivity index (χ0n) is 18.6. The molecular weight excluding hydrogens is 458 g/mol. The summed E-state index contributed by atoms with van der Waals surface area (Å²) in [4.78, 5) is 38.1. The van der Waals surface area contributed by atoms with Gasteiger partial charge in [-0.2, -0.15) is 0 Å². The van der Waals surface area contributed by atoms with Crippen molar-refractivity contribution in [3.8, 4) is 0 Å². The van der Waals surface area contributed by atoms with E-state index in [1.807, 2.05) is 12.1 Å². The van der Waals surface area contributed by atoms with Crippen LogP contribution < -0.4 is 10.5 Å². The van der Waals surface area contributed by atoms with Crippen LogP contribution in [0.5, 0.6) is 0 Å². The number of thiocarbonyl (C=S) groups is 1. The number of amides is 1. The minimum atomic E-state index is -0.182. The largest absolute Gasteiger partial charge is 0.376 e. The molecule has 5 rings (SSSR count). The molecule has 174 valence electrons. The molecule has 3 aliphatic heterocycles. The third-order valence-electron chi connectivity index (χ3n) is 6.43. The molecule has 0 aromatic carbocycles. The molecule has 0 aliphatic carbocycles. The molecule has 0 spiro atoms. The number of aromatic nitrogens is 2. The van der Waals surface area contributed by atoms with Gasteiger partial charge >= 0.3 is 0 Å². The maximum Gasteiger partial charge on any atom is 0.267 e. The number of rotatable bonds is 5. The smallest absolute Gasteiger partial charge is 0.267 e. The van der Waals surface area contributed by atoms with Crippen molar-refractivity contribution in [2.75, 3.05) is 50.8 Å². The van der Waals surface area contributed by atoms with E-state index >= 15 is 0 Å². The molecule has 1 atom stereocenters. The lowest BCUT2D eigenvalue weighted by molar-refractivity contribution is -0.123. The fourth-order valence-electron chi connectivity index (χ4n) is 4.51. The van der Waals surface area contributed by atoms with Gasteiger partial charge in [0.1, 0.15) is 15.8 Å². The molecule has 5 heterocycles. The second-order valence-corrected chi connectivity index (χ2v) is 10.1. The second kappa shape index (κ2) is 9.54. The lowest BCUT2D eigenvalue weighted by atomic mass is 10.2. The van der Waals surface area contributed by atoms with Crippen LogP contribution >= 0.6 is 24.0 Å². The maximum absolute atomic E-state index is 13.5. The highest BCUT2D eigenvalue weighted by molar-refractivity contribution is 8.26. The van der Waals surface area contributed by atoms with E-state index in [2.05, 4.69) is 16.7 Å². The molecular formula is C23H27N5O3S2. The highest BCUT2D eigenvalue weighted by Crippen LogP contribution is 2.34. The highest BCUT2D eigenvalue weighted by atomic mass is 32.2. The number of thioether (sulfide) groups is 1. The van der Waals surface area contributed by atoms with E-state index < -0.39 is 0 Å². The molecule has 0 N–H and O–H groups in total. The van der Waals surface area contributed by atoms with Gasteiger partial charge in [-0.25, -0.2) is 4.98 Å². The van der Waals surface area contributed by atoms with Gasteiger partial charge < -0.3 is 14.5 Å². The molecule has 3 fully saturated rings. The molecule has 2 aromatic rings. The van der Waals surface area contributed by atoms with E-state index in [0.717, 1.165) is 52.2 Å². The maximum atomic E-state index is 13.5. The van der Waals surface area contributed by atoms with Gasteiger partial charge in [0.15, 0.2) is 0 Å². The predicted molar refractivity (Wildman–Crippen MR) is 135 cm³/mol. The first-order chi connectivity index (χ1) is 16.0. The number of fused-ring (bicyclic) bond motifs is 1. The average Bonchev–Trinajstić information content (AvgIpc) is 3.45. The third kappa shape index (κ3) is 4.44. The summed E-state index contributed by atoms with van der Waals surface area (Å²) in [5.74, 6) is 0.464. The van der Waals surface area contributed by atoms with E-state index in [4.69, 9.17) is 21.9 Å². The Hall–Kier alpha value is -2.27. The van der Waals surface area contributed by atoms with Crippen LogP contribution in [0.15, 0.2) is 34.1 Å². The van der Waals surface area contributed by atoms with Gasteiger partial charge in [-0.15, -0.1) is 0 Å². The second-order valence-electron chi connectivity index (χ2n) is 8.43. The van der Waals surface area contributed by atoms with Crippen molar-refractivity contribution in [2.24, 2.45) is 0 Å². The standard InChI is InChI=1S/C23H27N5O3S2/c1-2-25-9-11-26(12-10-25)20-17(21(29)27-8-4-3-7-19(27)24-20)14-18-22(30)28(23(32)33-18)15-16-6-5-13-31-16/h3-4,7-8,14,16H,2,5-6,9-13,15H2,1H3/b18-14+/t16-/m1/s1. The van der Waals surface area contributed by atoms with Crippen LogP contribution in [0.25, 0.3) is 11.7 Å². The first-order valence-electron chi connectivity index (χ1n) is 11.4. The fourth-order valence-corrected chi connectivity index (χ4v) is 5.77. The molecule has 0 saturated carbocycles. The summed E-state index contributed by atoms with van der Waals surface area (Å²) in [6, 6.07) is 5.51. The van der Waals surface area contributed by atoms with Gasteiger partial charge in [0.05, 0.1) is 23.1 Å². The van der Waals surface area contributed by atoms with Gasteiger partial charge in [0.25, 0.3) is 11.5 Å². The van der Waals surface area contributed by atoms with E-state index in [1.165, 1.54) is 16.2 Å². The summed E-state index contributed by atoms with van der Waals surface area (Å²) in [5, 5.41) is 0. The Morgan fingerprint density at radius 3 is 2.79 bits per heavy atom. The van der Waals surface area contributed by atoms with Gasteiger partial charge in [0, 0.05) is 39.0 Å². The molecule has 10 heteroatoms. The Balaban J connectivity index is 1.52. The van der Waals surface area contributed by atoms with E-state index in [9.17, 15) is 9.59 Å². The summed E-state index contributed by atoms with van der Waals surface area (Å²) >= 11 is 6.74. The fraction of sp³-hybridized carbons (Fsp3) is 0.478. The highest BCUT2D eigenvalue weighted by Gasteiger charge is 2.35. The number of carbonyl (C=O) groups is 1. The van der Waals surface area contributed by atoms with Crippen molar-refractivity contribution >= 4 is 51.7 Å². The van der Waals surface area contributed by atoms with Gasteiger partial charge in [0.2, 0.25) is 0 Å². The SMILES string of the molecule is CCN1CCN(c2nc3ccccn3c(=O)c2/C=C2/SC(=S)N(C[C@H]3CCCO3)C2=O)CC1. The Morgan fingerprint density at radius 1 is 1.24 bits per heavy atom. The van der Waals surface area contributed by atoms with Crippen LogP contribution in [-0.4, -0.2) is 81.4 Å². The Kier molecular flexibility index (Phi) is 6.51. The van der Waals surface area contributed by atoms with Crippen molar-refractivity contribution in [2.45, 2.75) is 25.9 Å². The first-order valence-corrected chi connectivity index (χ1v) is 12.6. The lowest BCUT2D eigenvalue weighted by Crippen LogP contribution is -2.47. The summed E-state index contributed by atoms with van der Waals surface area (Å²) < 4.78 is 7.73. The number of carbonyl (C=O) groups excluding carboxylic acids is 1. The van der Waals surface area contributed by atoms with Gasteiger partial charge in [-0.3, -0.25) is 18.9 Å². The molecule has 33 heavy (non-hydrogen) atoms. The van der Waals surface area contributed by atoms with Crippen molar-refractivity contribution in [1.29, 1.82) is 0 Å². The van der Waals surface area contributed by atoms with Crippen molar-refractivity contribution in [1.82, 2.24) is 19.2 Å². The van der Waals surface area contributed by atoms with E-state index in [1.54, 1.807) is 23.2 Å². The molecule has 3 saturated heterocycles. The molecule has 0 unspecified atom stereocenters. The quantitative estimate of drug-likeness (QED) is 0.472. The summed E-state index contributed by atoms with van der Waals surface area (Å²) in [6.45, 7) is 7.73. The minimum absolute atomic E-state index is 0.0187. The van der Waals surface area contributed by atoms with Crippen molar-refractivity contribution in [3.63, 3.8) is 0 Å². The lowest BCUT2D eigenvalue weighted by Gasteiger charge is -2.35. The zero-order valence-corrected chi connectivity index (χ0v) is 20.2. The normalized spacial score (nSPS) is 23.4. The first kappa shape index (κ1) is 22.5. The molecule has 8 nitrogen and oxygen atoms in total. The zero-order chi connectivity index (χ0) is 22.9. The monoisotopic (exact) mass is 485 g/mol. The molecule has 2 aromatic heterocycles. The van der Waals surface area contributed by atoms with Crippen LogP contribution in [0, 0.1) is 0 Å². The number of piperazine rings is 1. The number of nitrogens with zero attached hydrogens (tertiary/aromatic N) is 5. The number of hydrogen-bond donors (Lipinski definition) is 0. The van der Waals surface area contributed by atoms with Crippen LogP contribution in [-0.2, 0) is 9.53 Å². The minimum Gasteiger partial charge on any atom is -0.376 e. The molecule has 3 aliphatic rings. The Bertz CT molecular complexity index is 1170. The molecule has 1 amide bonds. The number of anilines is 1. The van der Waals surface area contributed by atoms with E-state index in [-0.39, 0.29) is 17.6 Å². The van der Waals surface area contributed by atoms with Gasteiger partial charge in [-0.1, -0.05) is 37.0 Å². The predicted octanol–water partition coefficient (Wildman–Crippen LogP) is 2.22. The van der Waals surface area contributed by atoms with Crippen LogP contribution in [0.3, 0.4) is 0 Å². The molecule has 0 bridgehead atoms. The summed E-state index contributed by atoms with van der Waals surface area (Å²) in [6.07, 6.45) is 5.35. The Morgan fingerprint density at radius 2 is 2.06 bits per heavy atom. The molecule has 0 radical (unpaired) electrons. The van der Waals surface area contributed by atoms with Gasteiger partial charge in [-0.05, 0) is 37.6 Å². The third-order valence-corrected chi connectivity index (χ3v) is 7.80. The summed E-state index contributed by atoms with van der Waals surface area (Å²) in [5.41, 5.74) is 0.845. The number of pyridine rings is 1. The van der Waals surface area contributed by atoms with Crippen molar-refractivity contribution in [3.05, 3.63) is 45.2 Å². The van der Waals surface area contributed by atoms with Crippen molar-refractivity contribution < 1.29 is 9.53 Å². The van der Waals surface area contributed by atoms with E-state index in [0.29, 0.717) is 32.8 Å². The number of likely N-dealkylation sites (N-methyl/N-ethyl adjacent to an activating group) is 1. The number of hydrogen-bond acceptors (Lipinski definition) is 8. The average molecular weight is 486 g/mol. The van der Waals surface area contributed by atoms with Crippen LogP contribution in [0.2, 0.25) is 0 Å². The Labute approximate surface area is 202 Å². The topological polar surface area (TPSA) is 70.4 Å². The van der Waals surface area contributed by atoms with Crippen LogP contribution in [0.1, 0.15) is 25.3 Å².